The van der Waals surface area contributed by atoms with E-state index in [0.717, 1.165) is 11.4 Å². The highest BCUT2D eigenvalue weighted by atomic mass is 16.5. The molecule has 28 heavy (non-hydrogen) atoms. The minimum absolute atomic E-state index is 0.187. The zero-order chi connectivity index (χ0) is 20.3. The molecule has 3 rings (SSSR count). The highest BCUT2D eigenvalue weighted by Crippen LogP contribution is 2.11. The van der Waals surface area contributed by atoms with Gasteiger partial charge >= 0.3 is 5.97 Å². The Bertz CT molecular complexity index is 1030. The molecule has 144 valence electrons. The summed E-state index contributed by atoms with van der Waals surface area (Å²) in [5.41, 5.74) is 2.29. The maximum Gasteiger partial charge on any atom is 0.340 e. The van der Waals surface area contributed by atoms with Crippen LogP contribution in [0.25, 0.3) is 5.82 Å². The SMILES string of the molecule is Cc1cc(C)n(-c2ccc(C(=O)OCC(=O)NC(=O)c3cccn3C)cn2)n1. The first kappa shape index (κ1) is 19.0. The minimum Gasteiger partial charge on any atom is -0.452 e. The van der Waals surface area contributed by atoms with Crippen LogP contribution in [-0.4, -0.2) is 43.7 Å². The summed E-state index contributed by atoms with van der Waals surface area (Å²) in [7, 11) is 1.68. The number of esters is 1. The molecular formula is C19H19N5O4. The first-order valence-corrected chi connectivity index (χ1v) is 8.47. The molecule has 3 aromatic rings. The molecular weight excluding hydrogens is 362 g/mol. The second kappa shape index (κ2) is 7.87. The third-order valence-electron chi connectivity index (χ3n) is 3.97. The van der Waals surface area contributed by atoms with E-state index in [2.05, 4.69) is 15.4 Å². The molecule has 3 heterocycles. The molecule has 9 nitrogen and oxygen atoms in total. The molecule has 2 amide bonds. The van der Waals surface area contributed by atoms with Crippen LogP contribution >= 0.6 is 0 Å². The molecule has 0 aliphatic carbocycles. The second-order valence-electron chi connectivity index (χ2n) is 6.20. The van der Waals surface area contributed by atoms with Gasteiger partial charge in [0.05, 0.1) is 11.3 Å². The smallest absolute Gasteiger partial charge is 0.340 e. The lowest BCUT2D eigenvalue weighted by Gasteiger charge is -2.07. The van der Waals surface area contributed by atoms with Crippen molar-refractivity contribution in [3.05, 3.63) is 65.4 Å². The summed E-state index contributed by atoms with van der Waals surface area (Å²) in [5.74, 6) is -1.43. The first-order chi connectivity index (χ1) is 13.3. The van der Waals surface area contributed by atoms with E-state index in [-0.39, 0.29) is 5.56 Å². The number of pyridine rings is 1. The molecule has 0 fully saturated rings. The Morgan fingerprint density at radius 2 is 1.96 bits per heavy atom. The van der Waals surface area contributed by atoms with Crippen LogP contribution in [0.5, 0.6) is 0 Å². The highest BCUT2D eigenvalue weighted by molar-refractivity contribution is 6.04. The molecule has 0 aliphatic heterocycles. The van der Waals surface area contributed by atoms with Crippen molar-refractivity contribution in [2.45, 2.75) is 13.8 Å². The van der Waals surface area contributed by atoms with Crippen LogP contribution < -0.4 is 5.32 Å². The number of aryl methyl sites for hydroxylation is 3. The van der Waals surface area contributed by atoms with Gasteiger partial charge in [0.2, 0.25) is 0 Å². The lowest BCUT2D eigenvalue weighted by Crippen LogP contribution is -2.35. The monoisotopic (exact) mass is 381 g/mol. The van der Waals surface area contributed by atoms with E-state index in [9.17, 15) is 14.4 Å². The Labute approximate surface area is 160 Å². The third-order valence-corrected chi connectivity index (χ3v) is 3.97. The lowest BCUT2D eigenvalue weighted by atomic mass is 10.3. The topological polar surface area (TPSA) is 108 Å². The van der Waals surface area contributed by atoms with Crippen molar-refractivity contribution in [1.82, 2.24) is 24.6 Å². The molecule has 9 heteroatoms. The Balaban J connectivity index is 1.56. The predicted octanol–water partition coefficient (Wildman–Crippen LogP) is 1.34. The summed E-state index contributed by atoms with van der Waals surface area (Å²) in [5, 5.41) is 6.49. The fourth-order valence-electron chi connectivity index (χ4n) is 2.63. The molecule has 1 N–H and O–H groups in total. The number of hydrogen-bond donors (Lipinski definition) is 1. The average Bonchev–Trinajstić information content (AvgIpc) is 3.24. The van der Waals surface area contributed by atoms with E-state index in [0.29, 0.717) is 11.5 Å². The number of aromatic nitrogens is 4. The number of ether oxygens (including phenoxy) is 1. The van der Waals surface area contributed by atoms with Gasteiger partial charge in [-0.2, -0.15) is 5.10 Å². The Kier molecular flexibility index (Phi) is 5.35. The van der Waals surface area contributed by atoms with Gasteiger partial charge in [-0.25, -0.2) is 14.5 Å². The van der Waals surface area contributed by atoms with Crippen molar-refractivity contribution in [1.29, 1.82) is 0 Å². The number of nitrogens with zero attached hydrogens (tertiary/aromatic N) is 4. The zero-order valence-electron chi connectivity index (χ0n) is 15.7. The van der Waals surface area contributed by atoms with Crippen LogP contribution in [-0.2, 0) is 16.6 Å². The number of imide groups is 1. The Morgan fingerprint density at radius 1 is 1.18 bits per heavy atom. The Morgan fingerprint density at radius 3 is 2.54 bits per heavy atom. The summed E-state index contributed by atoms with van der Waals surface area (Å²) < 4.78 is 8.17. The quantitative estimate of drug-likeness (QED) is 0.668. The molecule has 0 unspecified atom stereocenters. The molecule has 3 aromatic heterocycles. The number of amides is 2. The van der Waals surface area contributed by atoms with Crippen LogP contribution in [0.4, 0.5) is 0 Å². The van der Waals surface area contributed by atoms with E-state index < -0.39 is 24.4 Å². The minimum atomic E-state index is -0.716. The van der Waals surface area contributed by atoms with Crippen molar-refractivity contribution in [3.8, 4) is 5.82 Å². The van der Waals surface area contributed by atoms with Crippen LogP contribution in [0.3, 0.4) is 0 Å². The van der Waals surface area contributed by atoms with Crippen molar-refractivity contribution < 1.29 is 19.1 Å². The summed E-state index contributed by atoms with van der Waals surface area (Å²) >= 11 is 0. The number of carbonyl (C=O) groups excluding carboxylic acids is 3. The number of rotatable bonds is 5. The van der Waals surface area contributed by atoms with Gasteiger partial charge in [-0.3, -0.25) is 14.9 Å². The standard InChI is InChI=1S/C19H19N5O4/c1-12-9-13(2)24(22-12)16-7-6-14(10-20-16)19(27)28-11-17(25)21-18(26)15-5-4-8-23(15)3/h4-10H,11H2,1-3H3,(H,21,25,26). The van der Waals surface area contributed by atoms with Gasteiger partial charge < -0.3 is 9.30 Å². The highest BCUT2D eigenvalue weighted by Gasteiger charge is 2.16. The molecule has 0 aliphatic rings. The van der Waals surface area contributed by atoms with E-state index in [1.165, 1.54) is 12.3 Å². The third kappa shape index (κ3) is 4.14. The van der Waals surface area contributed by atoms with Crippen molar-refractivity contribution >= 4 is 17.8 Å². The van der Waals surface area contributed by atoms with Gasteiger partial charge in [0.25, 0.3) is 11.8 Å². The summed E-state index contributed by atoms with van der Waals surface area (Å²) in [4.78, 5) is 40.1. The van der Waals surface area contributed by atoms with Crippen molar-refractivity contribution in [2.75, 3.05) is 6.61 Å². The molecule has 0 saturated heterocycles. The maximum absolute atomic E-state index is 12.1. The summed E-state index contributed by atoms with van der Waals surface area (Å²) in [6.07, 6.45) is 3.03. The average molecular weight is 381 g/mol. The second-order valence-corrected chi connectivity index (χ2v) is 6.20. The van der Waals surface area contributed by atoms with E-state index >= 15 is 0 Å². The number of nitrogens with one attached hydrogen (secondary N) is 1. The summed E-state index contributed by atoms with van der Waals surface area (Å²) in [6.45, 7) is 3.20. The van der Waals surface area contributed by atoms with Crippen LogP contribution in [0.1, 0.15) is 32.2 Å². The van der Waals surface area contributed by atoms with Gasteiger partial charge in [-0.15, -0.1) is 0 Å². The molecule has 0 radical (unpaired) electrons. The largest absolute Gasteiger partial charge is 0.452 e. The normalized spacial score (nSPS) is 10.5. The van der Waals surface area contributed by atoms with Gasteiger partial charge in [0.15, 0.2) is 12.4 Å². The Hall–Kier alpha value is -3.75. The lowest BCUT2D eigenvalue weighted by molar-refractivity contribution is -0.123. The molecule has 0 atom stereocenters. The predicted molar refractivity (Wildman–Crippen MR) is 99.0 cm³/mol. The van der Waals surface area contributed by atoms with Crippen molar-refractivity contribution in [2.24, 2.45) is 7.05 Å². The van der Waals surface area contributed by atoms with Gasteiger partial charge in [0.1, 0.15) is 5.69 Å². The first-order valence-electron chi connectivity index (χ1n) is 8.47. The van der Waals surface area contributed by atoms with Crippen LogP contribution in [0.2, 0.25) is 0 Å². The maximum atomic E-state index is 12.1. The van der Waals surface area contributed by atoms with E-state index in [1.807, 2.05) is 19.9 Å². The van der Waals surface area contributed by atoms with E-state index in [1.54, 1.807) is 40.7 Å². The molecule has 0 saturated carbocycles. The fraction of sp³-hybridized carbons (Fsp3) is 0.211. The van der Waals surface area contributed by atoms with Crippen LogP contribution in [0, 0.1) is 13.8 Å². The van der Waals surface area contributed by atoms with Gasteiger partial charge in [-0.1, -0.05) is 0 Å². The molecule has 0 bridgehead atoms. The molecule has 0 spiro atoms. The number of carbonyl (C=O) groups is 3. The number of hydrogen-bond acceptors (Lipinski definition) is 6. The molecule has 0 aromatic carbocycles. The van der Waals surface area contributed by atoms with Gasteiger partial charge in [0, 0.05) is 25.1 Å². The van der Waals surface area contributed by atoms with E-state index in [4.69, 9.17) is 4.74 Å². The fourth-order valence-corrected chi connectivity index (χ4v) is 2.63. The zero-order valence-corrected chi connectivity index (χ0v) is 15.7. The van der Waals surface area contributed by atoms with Crippen molar-refractivity contribution in [3.63, 3.8) is 0 Å². The van der Waals surface area contributed by atoms with Crippen LogP contribution in [0.15, 0.2) is 42.7 Å². The summed E-state index contributed by atoms with van der Waals surface area (Å²) in [6, 6.07) is 8.34. The van der Waals surface area contributed by atoms with Gasteiger partial charge in [-0.05, 0) is 44.2 Å².